The molecule has 162 valence electrons. The van der Waals surface area contributed by atoms with E-state index in [1.54, 1.807) is 26.8 Å². The molecule has 1 aromatic heterocycles. The molecular formula is C20H33N3O5Si. The second-order valence-corrected chi connectivity index (χ2v) is 14.7. The minimum Gasteiger partial charge on any atom is -0.468 e. The minimum absolute atomic E-state index is 0.0850. The van der Waals surface area contributed by atoms with Crippen LogP contribution in [0.4, 0.5) is 5.82 Å². The molecule has 3 atom stereocenters. The summed E-state index contributed by atoms with van der Waals surface area (Å²) in [5.41, 5.74) is 4.25. The largest absolute Gasteiger partial charge is 0.468 e. The molecule has 0 bridgehead atoms. The number of rotatable bonds is 5. The maximum absolute atomic E-state index is 12.6. The zero-order valence-corrected chi connectivity index (χ0v) is 19.5. The van der Waals surface area contributed by atoms with Gasteiger partial charge >= 0.3 is 5.69 Å². The summed E-state index contributed by atoms with van der Waals surface area (Å²) in [6.45, 7) is 15.6. The lowest BCUT2D eigenvalue weighted by Crippen LogP contribution is -2.46. The third-order valence-corrected chi connectivity index (χ3v) is 9.96. The SMILES string of the molecule is CC(C)(C)C(=O)C(O)C1=C[C@@H](O[Si](C)(C)C(C)(C)C)[C@H](n2ccc(N)nc2=O)O1. The van der Waals surface area contributed by atoms with Crippen molar-refractivity contribution in [2.75, 3.05) is 5.73 Å². The number of carbonyl (C=O) groups is 1. The van der Waals surface area contributed by atoms with Crippen molar-refractivity contribution in [2.45, 2.75) is 78.1 Å². The Bertz CT molecular complexity index is 864. The first-order valence-corrected chi connectivity index (χ1v) is 12.6. The van der Waals surface area contributed by atoms with Crippen molar-refractivity contribution in [3.63, 3.8) is 0 Å². The first-order chi connectivity index (χ1) is 13.0. The number of hydrogen-bond acceptors (Lipinski definition) is 7. The number of aliphatic hydroxyl groups is 1. The number of nitrogens with two attached hydrogens (primary N) is 1. The minimum atomic E-state index is -2.25. The van der Waals surface area contributed by atoms with Crippen LogP contribution in [0.3, 0.4) is 0 Å². The lowest BCUT2D eigenvalue weighted by molar-refractivity contribution is -0.135. The van der Waals surface area contributed by atoms with Crippen molar-refractivity contribution in [3.05, 3.63) is 34.6 Å². The number of anilines is 1. The van der Waals surface area contributed by atoms with Gasteiger partial charge in [-0.3, -0.25) is 9.36 Å². The van der Waals surface area contributed by atoms with Gasteiger partial charge in [0.2, 0.25) is 6.23 Å². The average Bonchev–Trinajstić information content (AvgIpc) is 2.94. The van der Waals surface area contributed by atoms with Crippen molar-refractivity contribution in [1.29, 1.82) is 0 Å². The van der Waals surface area contributed by atoms with Gasteiger partial charge in [-0.1, -0.05) is 41.5 Å². The highest BCUT2D eigenvalue weighted by Gasteiger charge is 2.45. The summed E-state index contributed by atoms with van der Waals surface area (Å²) in [6.07, 6.45) is 0.0930. The Balaban J connectivity index is 2.45. The molecule has 1 aliphatic rings. The normalized spacial score (nSPS) is 21.5. The van der Waals surface area contributed by atoms with Crippen LogP contribution in [0.25, 0.3) is 0 Å². The summed E-state index contributed by atoms with van der Waals surface area (Å²) in [7, 11) is -2.25. The molecule has 0 aliphatic carbocycles. The number of nitrogen functional groups attached to an aromatic ring is 1. The maximum atomic E-state index is 12.6. The van der Waals surface area contributed by atoms with E-state index in [1.165, 1.54) is 16.8 Å². The van der Waals surface area contributed by atoms with Gasteiger partial charge in [0.15, 0.2) is 20.2 Å². The van der Waals surface area contributed by atoms with Gasteiger partial charge in [-0.2, -0.15) is 4.98 Å². The van der Waals surface area contributed by atoms with Crippen LogP contribution in [0.15, 0.2) is 28.9 Å². The molecule has 1 unspecified atom stereocenters. The van der Waals surface area contributed by atoms with Crippen LogP contribution in [0, 0.1) is 5.41 Å². The zero-order chi connectivity index (χ0) is 22.4. The van der Waals surface area contributed by atoms with Gasteiger partial charge in [-0.25, -0.2) is 4.79 Å². The number of ketones is 1. The molecule has 3 N–H and O–H groups in total. The van der Waals surface area contributed by atoms with Gasteiger partial charge in [0.05, 0.1) is 0 Å². The summed E-state index contributed by atoms with van der Waals surface area (Å²) in [6, 6.07) is 1.49. The Hall–Kier alpha value is -1.97. The Labute approximate surface area is 172 Å². The molecule has 0 saturated carbocycles. The van der Waals surface area contributed by atoms with Crippen molar-refractivity contribution in [3.8, 4) is 0 Å². The monoisotopic (exact) mass is 423 g/mol. The van der Waals surface area contributed by atoms with Crippen LogP contribution in [0.1, 0.15) is 47.8 Å². The van der Waals surface area contributed by atoms with Crippen LogP contribution < -0.4 is 11.4 Å². The molecule has 0 spiro atoms. The smallest absolute Gasteiger partial charge is 0.352 e. The van der Waals surface area contributed by atoms with E-state index in [2.05, 4.69) is 38.8 Å². The predicted molar refractivity (Wildman–Crippen MR) is 114 cm³/mol. The van der Waals surface area contributed by atoms with Crippen LogP contribution in [-0.4, -0.2) is 41.0 Å². The fourth-order valence-electron chi connectivity index (χ4n) is 2.63. The van der Waals surface area contributed by atoms with E-state index in [0.29, 0.717) is 0 Å². The lowest BCUT2D eigenvalue weighted by atomic mass is 9.87. The van der Waals surface area contributed by atoms with Gasteiger partial charge in [0.1, 0.15) is 17.7 Å². The van der Waals surface area contributed by atoms with E-state index in [9.17, 15) is 14.7 Å². The molecule has 9 heteroatoms. The number of carbonyl (C=O) groups excluding carboxylic acids is 1. The second kappa shape index (κ2) is 7.70. The van der Waals surface area contributed by atoms with Gasteiger partial charge in [0.25, 0.3) is 0 Å². The summed E-state index contributed by atoms with van der Waals surface area (Å²) in [5, 5.41) is 10.5. The molecule has 0 saturated heterocycles. The van der Waals surface area contributed by atoms with Crippen molar-refractivity contribution >= 4 is 19.9 Å². The molecule has 0 radical (unpaired) electrons. The molecule has 0 aromatic carbocycles. The molecular weight excluding hydrogens is 390 g/mol. The highest BCUT2D eigenvalue weighted by molar-refractivity contribution is 6.74. The van der Waals surface area contributed by atoms with E-state index < -0.39 is 37.9 Å². The molecule has 2 rings (SSSR count). The Morgan fingerprint density at radius 2 is 1.90 bits per heavy atom. The zero-order valence-electron chi connectivity index (χ0n) is 18.5. The number of aromatic nitrogens is 2. The van der Waals surface area contributed by atoms with Crippen molar-refractivity contribution in [2.24, 2.45) is 5.41 Å². The molecule has 0 amide bonds. The van der Waals surface area contributed by atoms with E-state index in [0.717, 1.165) is 0 Å². The Morgan fingerprint density at radius 1 is 1.31 bits per heavy atom. The van der Waals surface area contributed by atoms with Gasteiger partial charge in [-0.05, 0) is 30.3 Å². The average molecular weight is 424 g/mol. The fourth-order valence-corrected chi connectivity index (χ4v) is 3.85. The number of nitrogens with zero attached hydrogens (tertiary/aromatic N) is 2. The third-order valence-electron chi connectivity index (χ3n) is 5.49. The van der Waals surface area contributed by atoms with Crippen LogP contribution in [-0.2, 0) is 14.0 Å². The van der Waals surface area contributed by atoms with Crippen molar-refractivity contribution in [1.82, 2.24) is 9.55 Å². The van der Waals surface area contributed by atoms with Gasteiger partial charge in [0, 0.05) is 11.6 Å². The Kier molecular flexibility index (Phi) is 6.18. The first kappa shape index (κ1) is 23.3. The lowest BCUT2D eigenvalue weighted by Gasteiger charge is -2.39. The second-order valence-electron chi connectivity index (χ2n) is 9.98. The quantitative estimate of drug-likeness (QED) is 0.699. The fraction of sp³-hybridized carbons (Fsp3) is 0.650. The summed E-state index contributed by atoms with van der Waals surface area (Å²) in [5.74, 6) is -0.192. The molecule has 1 aliphatic heterocycles. The van der Waals surface area contributed by atoms with Crippen LogP contribution >= 0.6 is 0 Å². The topological polar surface area (TPSA) is 117 Å². The molecule has 29 heavy (non-hydrogen) atoms. The highest BCUT2D eigenvalue weighted by Crippen LogP contribution is 2.41. The number of hydrogen-bond donors (Lipinski definition) is 2. The number of aliphatic hydroxyl groups excluding tert-OH is 1. The highest BCUT2D eigenvalue weighted by atomic mass is 28.4. The molecule has 0 fully saturated rings. The van der Waals surface area contributed by atoms with E-state index >= 15 is 0 Å². The van der Waals surface area contributed by atoms with Crippen LogP contribution in [0.5, 0.6) is 0 Å². The summed E-state index contributed by atoms with van der Waals surface area (Å²) in [4.78, 5) is 28.7. The summed E-state index contributed by atoms with van der Waals surface area (Å²) >= 11 is 0. The van der Waals surface area contributed by atoms with E-state index in [1.807, 2.05) is 0 Å². The standard InChI is InChI=1S/C20H33N3O5Si/c1-19(2,3)16(25)15(24)12-11-13(28-29(7,8)20(4,5)6)17(27-12)23-10-9-14(21)22-18(23)26/h9-11,13,15,17,24H,1-8H3,(H2,21,22,26)/t13-,15?,17-/m1/s1. The van der Waals surface area contributed by atoms with Gasteiger partial charge < -0.3 is 20.0 Å². The van der Waals surface area contributed by atoms with Gasteiger partial charge in [-0.15, -0.1) is 0 Å². The maximum Gasteiger partial charge on any atom is 0.352 e. The number of Topliss-reactive ketones (excluding diaryl/α,β-unsaturated/α-hetero) is 1. The van der Waals surface area contributed by atoms with Crippen LogP contribution in [0.2, 0.25) is 18.1 Å². The third kappa shape index (κ3) is 4.96. The van der Waals surface area contributed by atoms with Crippen molar-refractivity contribution < 1.29 is 19.1 Å². The first-order valence-electron chi connectivity index (χ1n) is 9.68. The molecule has 2 heterocycles. The van der Waals surface area contributed by atoms with E-state index in [4.69, 9.17) is 14.9 Å². The summed E-state index contributed by atoms with van der Waals surface area (Å²) < 4.78 is 13.6. The Morgan fingerprint density at radius 3 is 2.38 bits per heavy atom. The predicted octanol–water partition coefficient (Wildman–Crippen LogP) is 2.60. The van der Waals surface area contributed by atoms with E-state index in [-0.39, 0.29) is 22.4 Å². The molecule has 1 aromatic rings. The molecule has 8 nitrogen and oxygen atoms in total. The number of ether oxygens (including phenoxy) is 1.